The van der Waals surface area contributed by atoms with E-state index in [9.17, 15) is 6.48 Å². The van der Waals surface area contributed by atoms with E-state index >= 15 is 0 Å². The lowest BCUT2D eigenvalue weighted by molar-refractivity contribution is 0.446. The van der Waals surface area contributed by atoms with Crippen LogP contribution in [-0.4, -0.2) is 19.6 Å². The number of fused-ring (bicyclic) bond motifs is 1. The van der Waals surface area contributed by atoms with E-state index in [0.29, 0.717) is 39.2 Å². The molecule has 6 aromatic carbocycles. The third-order valence-corrected chi connectivity index (χ3v) is 13.3. The van der Waals surface area contributed by atoms with Crippen molar-refractivity contribution in [1.82, 2.24) is 14.5 Å². The van der Waals surface area contributed by atoms with E-state index in [-0.39, 0.29) is 75.1 Å². The third-order valence-electron chi connectivity index (χ3n) is 13.3. The number of benzene rings is 6. The van der Waals surface area contributed by atoms with E-state index in [1.165, 1.54) is 5.56 Å². The van der Waals surface area contributed by atoms with E-state index in [1.807, 2.05) is 18.2 Å². The van der Waals surface area contributed by atoms with Gasteiger partial charge in [0, 0.05) is 22.9 Å². The molecular formula is C64H73N3O. The molecule has 0 saturated carbocycles. The van der Waals surface area contributed by atoms with Gasteiger partial charge in [-0.3, -0.25) is 9.55 Å². The van der Waals surface area contributed by atoms with E-state index in [0.717, 1.165) is 55.7 Å². The summed E-state index contributed by atoms with van der Waals surface area (Å²) in [6.45, 7) is 36.1. The first-order valence-electron chi connectivity index (χ1n) is 27.0. The highest BCUT2D eigenvalue weighted by atomic mass is 16.3. The molecule has 0 spiro atoms. The molecule has 350 valence electrons. The van der Waals surface area contributed by atoms with Crippen molar-refractivity contribution in [3.05, 3.63) is 166 Å². The number of pyridine rings is 1. The predicted octanol–water partition coefficient (Wildman–Crippen LogP) is 17.6. The lowest BCUT2D eigenvalue weighted by Gasteiger charge is -2.28. The molecule has 1 N–H and O–H groups in total. The van der Waals surface area contributed by atoms with Crippen LogP contribution in [0.3, 0.4) is 0 Å². The SMILES string of the molecule is [2H]c1nc(-c2cc(-c3cccc4c3nc(-c3cc(C(C)(C)C)cc(C(C)(C)C)c3O)n4-c3ccc(-c4ccc(C(C)(C)C)cc4)cc3C(C)(C)C)cc(C(C)(C)C)c2)c([2H])c(-c2c(C)c([2H])c([2H])c([2H])c2C)c1[2H]. The van der Waals surface area contributed by atoms with Gasteiger partial charge in [-0.1, -0.05) is 177 Å². The van der Waals surface area contributed by atoms with Crippen LogP contribution in [0.1, 0.15) is 151 Å². The summed E-state index contributed by atoms with van der Waals surface area (Å²) in [6.07, 6.45) is -0.333. The summed E-state index contributed by atoms with van der Waals surface area (Å²) in [5.41, 5.74) is 12.8. The van der Waals surface area contributed by atoms with Gasteiger partial charge in [-0.05, 0) is 151 Å². The Kier molecular flexibility index (Phi) is 10.2. The summed E-state index contributed by atoms with van der Waals surface area (Å²) >= 11 is 0. The molecule has 0 fully saturated rings. The average molecular weight is 906 g/mol. The molecule has 68 heavy (non-hydrogen) atoms. The largest absolute Gasteiger partial charge is 0.507 e. The second kappa shape index (κ2) is 17.1. The monoisotopic (exact) mass is 906 g/mol. The molecule has 8 aromatic rings. The van der Waals surface area contributed by atoms with Gasteiger partial charge in [0.25, 0.3) is 0 Å². The van der Waals surface area contributed by atoms with E-state index in [4.69, 9.17) is 11.8 Å². The number of hydrogen-bond acceptors (Lipinski definition) is 3. The summed E-state index contributed by atoms with van der Waals surface area (Å²) in [5.74, 6) is 0.776. The summed E-state index contributed by atoms with van der Waals surface area (Å²) in [5, 5.41) is 12.7. The van der Waals surface area contributed by atoms with Gasteiger partial charge in [-0.15, -0.1) is 0 Å². The number of phenolic OH excluding ortho intramolecular Hbond substituents is 1. The minimum absolute atomic E-state index is 0.0231. The molecule has 4 nitrogen and oxygen atoms in total. The zero-order valence-electron chi connectivity index (χ0n) is 49.4. The third kappa shape index (κ3) is 9.32. The first kappa shape index (κ1) is 40.8. The smallest absolute Gasteiger partial charge is 0.149 e. The lowest BCUT2D eigenvalue weighted by atomic mass is 9.78. The van der Waals surface area contributed by atoms with Crippen LogP contribution >= 0.6 is 0 Å². The Bertz CT molecular complexity index is 3520. The van der Waals surface area contributed by atoms with E-state index < -0.39 is 5.41 Å². The van der Waals surface area contributed by atoms with E-state index in [2.05, 4.69) is 186 Å². The quantitative estimate of drug-likeness (QED) is 0.181. The van der Waals surface area contributed by atoms with Crippen LogP contribution in [0.25, 0.3) is 72.7 Å². The predicted molar refractivity (Wildman–Crippen MR) is 291 cm³/mol. The molecule has 0 atom stereocenters. The van der Waals surface area contributed by atoms with Crippen molar-refractivity contribution in [1.29, 1.82) is 0 Å². The van der Waals surface area contributed by atoms with Crippen LogP contribution in [0, 0.1) is 13.8 Å². The Morgan fingerprint density at radius 2 is 1.10 bits per heavy atom. The molecule has 0 amide bonds. The van der Waals surface area contributed by atoms with Crippen molar-refractivity contribution < 1.29 is 13.3 Å². The maximum atomic E-state index is 12.7. The highest BCUT2D eigenvalue weighted by Gasteiger charge is 2.31. The van der Waals surface area contributed by atoms with Gasteiger partial charge in [-0.2, -0.15) is 0 Å². The van der Waals surface area contributed by atoms with Crippen molar-refractivity contribution in [3.8, 4) is 67.5 Å². The van der Waals surface area contributed by atoms with Crippen molar-refractivity contribution >= 4 is 11.0 Å². The minimum Gasteiger partial charge on any atom is -0.507 e. The van der Waals surface area contributed by atoms with Crippen molar-refractivity contribution in [3.63, 3.8) is 0 Å². The van der Waals surface area contributed by atoms with Crippen molar-refractivity contribution in [2.24, 2.45) is 0 Å². The number of aromatic nitrogens is 3. The minimum atomic E-state index is -0.399. The second-order valence-corrected chi connectivity index (χ2v) is 23.9. The molecule has 2 aromatic heterocycles. The summed E-state index contributed by atoms with van der Waals surface area (Å²) in [7, 11) is 0. The van der Waals surface area contributed by atoms with Crippen molar-refractivity contribution in [2.75, 3.05) is 0 Å². The summed E-state index contributed by atoms with van der Waals surface area (Å²) < 4.78 is 55.8. The summed E-state index contributed by atoms with van der Waals surface area (Å²) in [4.78, 5) is 10.3. The Balaban J connectivity index is 1.47. The number of rotatable bonds is 6. The van der Waals surface area contributed by atoms with Gasteiger partial charge in [-0.25, -0.2) is 4.98 Å². The molecule has 0 aliphatic carbocycles. The highest BCUT2D eigenvalue weighted by molar-refractivity contribution is 5.97. The average Bonchev–Trinajstić information content (AvgIpc) is 3.70. The van der Waals surface area contributed by atoms with E-state index in [1.54, 1.807) is 13.8 Å². The fourth-order valence-electron chi connectivity index (χ4n) is 9.17. The number of para-hydroxylation sites is 1. The molecule has 0 radical (unpaired) electrons. The molecule has 2 heterocycles. The van der Waals surface area contributed by atoms with Gasteiger partial charge >= 0.3 is 0 Å². The molecule has 0 unspecified atom stereocenters. The fourth-order valence-corrected chi connectivity index (χ4v) is 9.17. The van der Waals surface area contributed by atoms with Gasteiger partial charge in [0.15, 0.2) is 0 Å². The Morgan fingerprint density at radius 3 is 1.71 bits per heavy atom. The van der Waals surface area contributed by atoms with Crippen LogP contribution in [-0.2, 0) is 27.1 Å². The van der Waals surface area contributed by atoms with Crippen LogP contribution in [0.4, 0.5) is 0 Å². The van der Waals surface area contributed by atoms with Crippen LogP contribution in [0.2, 0.25) is 0 Å². The number of aromatic hydroxyl groups is 1. The topological polar surface area (TPSA) is 50.9 Å². The lowest BCUT2D eigenvalue weighted by Crippen LogP contribution is -2.18. The van der Waals surface area contributed by atoms with Gasteiger partial charge < -0.3 is 5.11 Å². The number of phenols is 1. The van der Waals surface area contributed by atoms with Crippen molar-refractivity contribution in [2.45, 2.75) is 145 Å². The molecule has 4 heteroatoms. The number of hydrogen-bond donors (Lipinski definition) is 1. The Morgan fingerprint density at radius 1 is 0.515 bits per heavy atom. The zero-order valence-corrected chi connectivity index (χ0v) is 43.4. The van der Waals surface area contributed by atoms with Crippen LogP contribution < -0.4 is 0 Å². The Hall–Kier alpha value is -6.26. The van der Waals surface area contributed by atoms with Crippen LogP contribution in [0.5, 0.6) is 5.75 Å². The van der Waals surface area contributed by atoms with Gasteiger partial charge in [0.05, 0.1) is 36.2 Å². The first-order valence-corrected chi connectivity index (χ1v) is 24.0. The molecular weight excluding hydrogens is 827 g/mol. The summed E-state index contributed by atoms with van der Waals surface area (Å²) in [6, 6.07) is 31.2. The van der Waals surface area contributed by atoms with Crippen LogP contribution in [0.15, 0.2) is 127 Å². The molecule has 8 rings (SSSR count). The molecule has 0 aliphatic heterocycles. The molecule has 0 bridgehead atoms. The highest BCUT2D eigenvalue weighted by Crippen LogP contribution is 2.46. The Labute approximate surface area is 416 Å². The maximum absolute atomic E-state index is 12.7. The zero-order chi connectivity index (χ0) is 54.7. The first-order chi connectivity index (χ1) is 34.1. The maximum Gasteiger partial charge on any atom is 0.149 e. The van der Waals surface area contributed by atoms with Gasteiger partial charge in [0.1, 0.15) is 11.6 Å². The fraction of sp³-hybridized carbons (Fsp3) is 0.344. The standard InChI is InChI=1S/C64H73N3O/c1-39-20-18-21-40(2)56(39)43-30-31-65-53(36-43)45-32-44(33-47(34-45)61(6,7)8)49-22-19-23-55-57(49)66-59(50-37-48(62(9,10)11)38-52(58(50)68)64(15,16)17)67(55)54-29-26-42(35-51(54)63(12,13)14)41-24-27-46(28-25-41)60(3,4)5/h18-38,68H,1-17H3/i18D,20D,21D,30D,31D,36D. The number of imidazole rings is 1. The molecule has 0 aliphatic rings. The van der Waals surface area contributed by atoms with Gasteiger partial charge in [0.2, 0.25) is 0 Å². The number of nitrogens with zero attached hydrogens (tertiary/aromatic N) is 3. The second-order valence-electron chi connectivity index (χ2n) is 23.9. The normalized spacial score (nSPS) is 14.1. The molecule has 0 saturated heterocycles.